The Bertz CT molecular complexity index is 617. The molecule has 0 atom stereocenters. The summed E-state index contributed by atoms with van der Waals surface area (Å²) in [7, 11) is 0. The number of halogens is 2. The molecule has 6 heteroatoms. The van der Waals surface area contributed by atoms with Gasteiger partial charge in [0.1, 0.15) is 5.69 Å². The number of benzene rings is 1. The summed E-state index contributed by atoms with van der Waals surface area (Å²) in [5.41, 5.74) is 6.30. The highest BCUT2D eigenvalue weighted by Gasteiger charge is 2.11. The molecular weight excluding hydrogens is 261 g/mol. The molecule has 0 aliphatic heterocycles. The van der Waals surface area contributed by atoms with Gasteiger partial charge in [-0.25, -0.2) is 4.68 Å². The van der Waals surface area contributed by atoms with Crippen LogP contribution in [0.3, 0.4) is 0 Å². The third-order valence-corrected chi connectivity index (χ3v) is 2.89. The zero-order valence-electron chi connectivity index (χ0n) is 8.95. The number of aryl methyl sites for hydroxylation is 1. The topological polar surface area (TPSA) is 60.9 Å². The van der Waals surface area contributed by atoms with Crippen LogP contribution in [-0.2, 0) is 0 Å². The Balaban J connectivity index is 2.77. The molecule has 1 aromatic carbocycles. The van der Waals surface area contributed by atoms with E-state index in [0.29, 0.717) is 21.4 Å². The van der Waals surface area contributed by atoms with Gasteiger partial charge in [0, 0.05) is 11.8 Å². The number of para-hydroxylation sites is 1. The van der Waals surface area contributed by atoms with Gasteiger partial charge in [-0.1, -0.05) is 29.3 Å². The van der Waals surface area contributed by atoms with Gasteiger partial charge in [-0.2, -0.15) is 0 Å². The number of nitrogens with zero attached hydrogens (tertiary/aromatic N) is 2. The van der Waals surface area contributed by atoms with Crippen molar-refractivity contribution in [2.24, 2.45) is 0 Å². The first kappa shape index (κ1) is 12.0. The number of rotatable bonds is 1. The molecule has 0 saturated carbocycles. The molecule has 88 valence electrons. The molecule has 0 unspecified atom stereocenters. The molecular formula is C11H9Cl2N3O. The lowest BCUT2D eigenvalue weighted by molar-refractivity contribution is 0.808. The maximum Gasteiger partial charge on any atom is 0.224 e. The lowest BCUT2D eigenvalue weighted by Crippen LogP contribution is -2.18. The zero-order valence-corrected chi connectivity index (χ0v) is 10.5. The van der Waals surface area contributed by atoms with Gasteiger partial charge in [-0.15, -0.1) is 5.10 Å². The molecule has 0 radical (unpaired) electrons. The molecule has 0 saturated heterocycles. The van der Waals surface area contributed by atoms with Crippen LogP contribution in [0.25, 0.3) is 5.69 Å². The van der Waals surface area contributed by atoms with E-state index in [1.165, 1.54) is 10.7 Å². The summed E-state index contributed by atoms with van der Waals surface area (Å²) >= 11 is 12.1. The second-order valence-electron chi connectivity index (χ2n) is 3.52. The minimum absolute atomic E-state index is 0.0911. The van der Waals surface area contributed by atoms with Crippen molar-refractivity contribution in [2.45, 2.75) is 6.92 Å². The molecule has 2 N–H and O–H groups in total. The maximum atomic E-state index is 11.3. The molecule has 0 aliphatic rings. The highest BCUT2D eigenvalue weighted by molar-refractivity contribution is 6.37. The summed E-state index contributed by atoms with van der Waals surface area (Å²) in [6.07, 6.45) is 0. The number of aromatic nitrogens is 2. The first-order valence-electron chi connectivity index (χ1n) is 4.81. The quantitative estimate of drug-likeness (QED) is 0.865. The third kappa shape index (κ3) is 2.14. The summed E-state index contributed by atoms with van der Waals surface area (Å²) < 4.78 is 1.46. The van der Waals surface area contributed by atoms with Crippen molar-refractivity contribution >= 4 is 29.0 Å². The summed E-state index contributed by atoms with van der Waals surface area (Å²) in [5, 5.41) is 4.86. The van der Waals surface area contributed by atoms with Crippen LogP contribution in [0.4, 0.5) is 5.82 Å². The molecule has 0 aliphatic carbocycles. The minimum atomic E-state index is -0.318. The van der Waals surface area contributed by atoms with Crippen molar-refractivity contribution in [3.63, 3.8) is 0 Å². The lowest BCUT2D eigenvalue weighted by atomic mass is 10.3. The van der Waals surface area contributed by atoms with Crippen molar-refractivity contribution in [3.8, 4) is 5.69 Å². The van der Waals surface area contributed by atoms with E-state index in [1.807, 2.05) is 0 Å². The molecule has 0 fully saturated rings. The van der Waals surface area contributed by atoms with E-state index in [9.17, 15) is 4.79 Å². The van der Waals surface area contributed by atoms with Crippen LogP contribution in [0, 0.1) is 6.92 Å². The minimum Gasteiger partial charge on any atom is -0.379 e. The Labute approximate surface area is 108 Å². The van der Waals surface area contributed by atoms with Gasteiger partial charge in [0.2, 0.25) is 5.43 Å². The zero-order chi connectivity index (χ0) is 12.6. The van der Waals surface area contributed by atoms with E-state index in [4.69, 9.17) is 28.9 Å². The smallest absolute Gasteiger partial charge is 0.224 e. The van der Waals surface area contributed by atoms with Gasteiger partial charge >= 0.3 is 0 Å². The molecule has 2 aromatic rings. The van der Waals surface area contributed by atoms with Crippen LogP contribution >= 0.6 is 23.2 Å². The second-order valence-corrected chi connectivity index (χ2v) is 4.33. The first-order valence-corrected chi connectivity index (χ1v) is 5.57. The predicted octanol–water partition coefficient (Wildman–Crippen LogP) is 2.43. The van der Waals surface area contributed by atoms with E-state index in [-0.39, 0.29) is 11.2 Å². The fraction of sp³-hybridized carbons (Fsp3) is 0.0909. The van der Waals surface area contributed by atoms with E-state index >= 15 is 0 Å². The van der Waals surface area contributed by atoms with Gasteiger partial charge in [0.15, 0.2) is 5.82 Å². The molecule has 1 aromatic heterocycles. The Kier molecular flexibility index (Phi) is 3.09. The SMILES string of the molecule is Cc1cc(=O)c(N)nn1-c1c(Cl)cccc1Cl. The molecule has 1 heterocycles. The summed E-state index contributed by atoms with van der Waals surface area (Å²) in [6, 6.07) is 6.51. The van der Waals surface area contributed by atoms with E-state index in [1.54, 1.807) is 25.1 Å². The molecule has 0 bridgehead atoms. The molecule has 17 heavy (non-hydrogen) atoms. The molecule has 0 amide bonds. The fourth-order valence-electron chi connectivity index (χ4n) is 1.48. The highest BCUT2D eigenvalue weighted by atomic mass is 35.5. The van der Waals surface area contributed by atoms with Gasteiger partial charge in [-0.05, 0) is 19.1 Å². The largest absolute Gasteiger partial charge is 0.379 e. The highest BCUT2D eigenvalue weighted by Crippen LogP contribution is 2.28. The van der Waals surface area contributed by atoms with Crippen LogP contribution in [0.15, 0.2) is 29.1 Å². The number of anilines is 1. The monoisotopic (exact) mass is 269 g/mol. The molecule has 2 rings (SSSR count). The van der Waals surface area contributed by atoms with E-state index < -0.39 is 0 Å². The average Bonchev–Trinajstić information content (AvgIpc) is 2.25. The van der Waals surface area contributed by atoms with Crippen molar-refractivity contribution in [2.75, 3.05) is 5.73 Å². The predicted molar refractivity (Wildman–Crippen MR) is 69.0 cm³/mol. The summed E-state index contributed by atoms with van der Waals surface area (Å²) in [4.78, 5) is 11.3. The first-order chi connectivity index (χ1) is 8.00. The molecule has 4 nitrogen and oxygen atoms in total. The Hall–Kier alpha value is -1.52. The van der Waals surface area contributed by atoms with Crippen LogP contribution < -0.4 is 11.2 Å². The van der Waals surface area contributed by atoms with Crippen molar-refractivity contribution in [1.29, 1.82) is 0 Å². The number of hydrogen-bond acceptors (Lipinski definition) is 3. The van der Waals surface area contributed by atoms with Gasteiger partial charge < -0.3 is 5.73 Å². The number of hydrogen-bond donors (Lipinski definition) is 1. The Morgan fingerprint density at radius 3 is 2.47 bits per heavy atom. The lowest BCUT2D eigenvalue weighted by Gasteiger charge is -2.12. The third-order valence-electron chi connectivity index (χ3n) is 2.28. The van der Waals surface area contributed by atoms with Gasteiger partial charge in [-0.3, -0.25) is 4.79 Å². The number of nitrogens with two attached hydrogens (primary N) is 1. The van der Waals surface area contributed by atoms with Crippen molar-refractivity contribution in [3.05, 3.63) is 50.2 Å². The van der Waals surface area contributed by atoms with Crippen LogP contribution in [-0.4, -0.2) is 9.78 Å². The van der Waals surface area contributed by atoms with Gasteiger partial charge in [0.25, 0.3) is 0 Å². The standard InChI is InChI=1S/C11H9Cl2N3O/c1-6-5-9(17)11(14)15-16(6)10-7(12)3-2-4-8(10)13/h2-5H,1H3,(H2,14,15). The van der Waals surface area contributed by atoms with Crippen LogP contribution in [0.2, 0.25) is 10.0 Å². The average molecular weight is 270 g/mol. The van der Waals surface area contributed by atoms with E-state index in [2.05, 4.69) is 5.10 Å². The molecule has 0 spiro atoms. The van der Waals surface area contributed by atoms with Crippen LogP contribution in [0.5, 0.6) is 0 Å². The Morgan fingerprint density at radius 2 is 1.88 bits per heavy atom. The fourth-order valence-corrected chi connectivity index (χ4v) is 2.04. The maximum absolute atomic E-state index is 11.3. The Morgan fingerprint density at radius 1 is 1.29 bits per heavy atom. The summed E-state index contributed by atoms with van der Waals surface area (Å²) in [6.45, 7) is 1.73. The second kappa shape index (κ2) is 4.39. The van der Waals surface area contributed by atoms with Gasteiger partial charge in [0.05, 0.1) is 10.0 Å². The van der Waals surface area contributed by atoms with E-state index in [0.717, 1.165) is 0 Å². The normalized spacial score (nSPS) is 10.5. The summed E-state index contributed by atoms with van der Waals surface area (Å²) in [5.74, 6) is -0.0911. The number of nitrogen functional groups attached to an aromatic ring is 1. The van der Waals surface area contributed by atoms with Crippen molar-refractivity contribution < 1.29 is 0 Å². The van der Waals surface area contributed by atoms with Crippen LogP contribution in [0.1, 0.15) is 5.69 Å². The van der Waals surface area contributed by atoms with Crippen molar-refractivity contribution in [1.82, 2.24) is 9.78 Å².